The van der Waals surface area contributed by atoms with Gasteiger partial charge in [-0.1, -0.05) is 12.1 Å². The molecule has 0 saturated carbocycles. The van der Waals surface area contributed by atoms with Crippen molar-refractivity contribution >= 4 is 15.8 Å². The molecule has 1 rings (SSSR count). The Morgan fingerprint density at radius 1 is 1.39 bits per heavy atom. The molecule has 0 amide bonds. The first-order valence-electron chi connectivity index (χ1n) is 5.80. The normalized spacial score (nSPS) is 13.3. The quantitative estimate of drug-likeness (QED) is 0.766. The highest BCUT2D eigenvalue weighted by Gasteiger charge is 2.20. The van der Waals surface area contributed by atoms with Crippen molar-refractivity contribution in [3.63, 3.8) is 0 Å². The molecule has 0 saturated heterocycles. The average molecular weight is 273 g/mol. The van der Waals surface area contributed by atoms with E-state index in [1.807, 2.05) is 43.0 Å². The number of rotatable bonds is 6. The van der Waals surface area contributed by atoms with E-state index >= 15 is 0 Å². The van der Waals surface area contributed by atoms with Crippen molar-refractivity contribution in [1.82, 2.24) is 0 Å². The molecule has 0 bridgehead atoms. The number of aliphatic hydroxyl groups is 1. The van der Waals surface area contributed by atoms with Crippen molar-refractivity contribution in [2.24, 2.45) is 0 Å². The Labute approximate surface area is 108 Å². The molecule has 0 aromatic heterocycles. The van der Waals surface area contributed by atoms with Crippen molar-refractivity contribution in [2.75, 3.05) is 18.0 Å². The van der Waals surface area contributed by atoms with Gasteiger partial charge in [0.2, 0.25) is 0 Å². The molecule has 2 N–H and O–H groups in total. The van der Waals surface area contributed by atoms with Crippen LogP contribution in [0.1, 0.15) is 18.9 Å². The minimum Gasteiger partial charge on any atom is -0.375 e. The standard InChI is InChI=1S/C12H19NO4S/c1-3-13(8-7-12(14)18(15,16)17)11-6-4-5-10(2)9-11/h4-6,9,12,14H,3,7-8H2,1-2H3,(H,15,16,17)/t12-/m1/s1. The Kier molecular flexibility index (Phi) is 5.13. The highest BCUT2D eigenvalue weighted by Crippen LogP contribution is 2.16. The first-order valence-corrected chi connectivity index (χ1v) is 7.31. The van der Waals surface area contributed by atoms with E-state index in [1.54, 1.807) is 0 Å². The third-order valence-corrected chi connectivity index (χ3v) is 3.66. The molecule has 0 aliphatic carbocycles. The Bertz CT molecular complexity index is 487. The molecule has 0 heterocycles. The number of nitrogens with zero attached hydrogens (tertiary/aromatic N) is 1. The molecule has 1 aromatic rings. The third kappa shape index (κ3) is 4.29. The van der Waals surface area contributed by atoms with Crippen LogP contribution >= 0.6 is 0 Å². The lowest BCUT2D eigenvalue weighted by Gasteiger charge is -2.24. The molecule has 6 heteroatoms. The van der Waals surface area contributed by atoms with Crippen LogP contribution in [0.15, 0.2) is 24.3 Å². The molecule has 1 aromatic carbocycles. The zero-order valence-electron chi connectivity index (χ0n) is 10.6. The molecular formula is C12H19NO4S. The van der Waals surface area contributed by atoms with E-state index in [4.69, 9.17) is 4.55 Å². The summed E-state index contributed by atoms with van der Waals surface area (Å²) in [4.78, 5) is 1.95. The summed E-state index contributed by atoms with van der Waals surface area (Å²) in [6.45, 7) is 4.98. The highest BCUT2D eigenvalue weighted by molar-refractivity contribution is 7.86. The zero-order chi connectivity index (χ0) is 13.8. The maximum absolute atomic E-state index is 10.7. The molecule has 0 radical (unpaired) electrons. The molecule has 0 aliphatic heterocycles. The zero-order valence-corrected chi connectivity index (χ0v) is 11.4. The number of hydrogen-bond donors (Lipinski definition) is 2. The lowest BCUT2D eigenvalue weighted by atomic mass is 10.2. The molecular weight excluding hydrogens is 254 g/mol. The van der Waals surface area contributed by atoms with Crippen LogP contribution in [-0.2, 0) is 10.1 Å². The summed E-state index contributed by atoms with van der Waals surface area (Å²) in [5.41, 5.74) is 0.359. The highest BCUT2D eigenvalue weighted by atomic mass is 32.2. The van der Waals surface area contributed by atoms with Gasteiger partial charge >= 0.3 is 0 Å². The summed E-state index contributed by atoms with van der Waals surface area (Å²) in [6.07, 6.45) is -0.0272. The minimum atomic E-state index is -4.37. The summed E-state index contributed by atoms with van der Waals surface area (Å²) in [5.74, 6) is 0. The summed E-state index contributed by atoms with van der Waals surface area (Å²) >= 11 is 0. The van der Waals surface area contributed by atoms with Gasteiger partial charge in [-0.2, -0.15) is 8.42 Å². The first kappa shape index (κ1) is 14.9. The van der Waals surface area contributed by atoms with Gasteiger partial charge in [-0.05, 0) is 31.5 Å². The van der Waals surface area contributed by atoms with Crippen LogP contribution in [0.25, 0.3) is 0 Å². The Balaban J connectivity index is 2.69. The van der Waals surface area contributed by atoms with Crippen LogP contribution in [-0.4, -0.2) is 36.6 Å². The Hall–Kier alpha value is -1.11. The van der Waals surface area contributed by atoms with E-state index in [0.29, 0.717) is 13.1 Å². The van der Waals surface area contributed by atoms with Crippen molar-refractivity contribution in [3.05, 3.63) is 29.8 Å². The van der Waals surface area contributed by atoms with Gasteiger partial charge in [-0.3, -0.25) is 4.55 Å². The molecule has 102 valence electrons. The molecule has 5 nitrogen and oxygen atoms in total. The minimum absolute atomic E-state index is 0.0272. The van der Waals surface area contributed by atoms with E-state index in [0.717, 1.165) is 11.3 Å². The van der Waals surface area contributed by atoms with Gasteiger partial charge < -0.3 is 10.0 Å². The molecule has 0 unspecified atom stereocenters. The van der Waals surface area contributed by atoms with Crippen LogP contribution in [0.2, 0.25) is 0 Å². The maximum atomic E-state index is 10.7. The van der Waals surface area contributed by atoms with E-state index in [1.165, 1.54) is 0 Å². The van der Waals surface area contributed by atoms with Crippen LogP contribution in [0.4, 0.5) is 5.69 Å². The number of aryl methyl sites for hydroxylation is 1. The summed E-state index contributed by atoms with van der Waals surface area (Å²) in [6, 6.07) is 7.82. The topological polar surface area (TPSA) is 77.8 Å². The fraction of sp³-hybridized carbons (Fsp3) is 0.500. The number of aliphatic hydroxyl groups excluding tert-OH is 1. The van der Waals surface area contributed by atoms with E-state index in [9.17, 15) is 13.5 Å². The second-order valence-electron chi connectivity index (χ2n) is 4.18. The molecule has 0 fully saturated rings. The average Bonchev–Trinajstić information content (AvgIpc) is 2.28. The monoisotopic (exact) mass is 273 g/mol. The second-order valence-corrected chi connectivity index (χ2v) is 5.75. The van der Waals surface area contributed by atoms with Gasteiger partial charge in [0.15, 0.2) is 5.44 Å². The summed E-state index contributed by atoms with van der Waals surface area (Å²) in [5, 5.41) is 9.27. The van der Waals surface area contributed by atoms with Gasteiger partial charge in [0.05, 0.1) is 0 Å². The SMILES string of the molecule is CCN(CC[C@H](O)S(=O)(=O)O)c1cccc(C)c1. The summed E-state index contributed by atoms with van der Waals surface area (Å²) in [7, 11) is -4.37. The summed E-state index contributed by atoms with van der Waals surface area (Å²) < 4.78 is 30.1. The molecule has 0 aliphatic rings. The van der Waals surface area contributed by atoms with Gasteiger partial charge in [0.1, 0.15) is 0 Å². The number of benzene rings is 1. The van der Waals surface area contributed by atoms with E-state index in [2.05, 4.69) is 0 Å². The van der Waals surface area contributed by atoms with E-state index < -0.39 is 15.6 Å². The predicted molar refractivity (Wildman–Crippen MR) is 71.2 cm³/mol. The molecule has 1 atom stereocenters. The Morgan fingerprint density at radius 2 is 2.06 bits per heavy atom. The van der Waals surface area contributed by atoms with Crippen LogP contribution in [0.3, 0.4) is 0 Å². The van der Waals surface area contributed by atoms with E-state index in [-0.39, 0.29) is 6.42 Å². The van der Waals surface area contributed by atoms with Crippen molar-refractivity contribution in [3.8, 4) is 0 Å². The maximum Gasteiger partial charge on any atom is 0.292 e. The lowest BCUT2D eigenvalue weighted by molar-refractivity contribution is 0.225. The lowest BCUT2D eigenvalue weighted by Crippen LogP contribution is -2.30. The molecule has 18 heavy (non-hydrogen) atoms. The first-order chi connectivity index (χ1) is 8.34. The van der Waals surface area contributed by atoms with Crippen LogP contribution in [0, 0.1) is 6.92 Å². The van der Waals surface area contributed by atoms with Crippen molar-refractivity contribution < 1.29 is 18.1 Å². The smallest absolute Gasteiger partial charge is 0.292 e. The largest absolute Gasteiger partial charge is 0.375 e. The number of hydrogen-bond acceptors (Lipinski definition) is 4. The number of anilines is 1. The molecule has 0 spiro atoms. The second kappa shape index (κ2) is 6.17. The third-order valence-electron chi connectivity index (χ3n) is 2.74. The fourth-order valence-corrected chi connectivity index (χ4v) is 2.11. The van der Waals surface area contributed by atoms with Crippen LogP contribution in [0.5, 0.6) is 0 Å². The Morgan fingerprint density at radius 3 is 2.56 bits per heavy atom. The van der Waals surface area contributed by atoms with Crippen molar-refractivity contribution in [2.45, 2.75) is 25.7 Å². The fourth-order valence-electron chi connectivity index (χ4n) is 1.71. The van der Waals surface area contributed by atoms with Gasteiger partial charge in [0.25, 0.3) is 10.1 Å². The predicted octanol–water partition coefficient (Wildman–Crippen LogP) is 1.42. The van der Waals surface area contributed by atoms with Gasteiger partial charge in [-0.25, -0.2) is 0 Å². The van der Waals surface area contributed by atoms with Crippen molar-refractivity contribution in [1.29, 1.82) is 0 Å². The van der Waals surface area contributed by atoms with Gasteiger partial charge in [0, 0.05) is 25.2 Å². The van der Waals surface area contributed by atoms with Gasteiger partial charge in [-0.15, -0.1) is 0 Å². The van der Waals surface area contributed by atoms with Crippen LogP contribution < -0.4 is 4.90 Å².